The van der Waals surface area contributed by atoms with Gasteiger partial charge >= 0.3 is 6.03 Å². The Morgan fingerprint density at radius 1 is 1.21 bits per heavy atom. The van der Waals surface area contributed by atoms with E-state index in [0.29, 0.717) is 37.0 Å². The zero-order valence-electron chi connectivity index (χ0n) is 18.6. The number of aromatic nitrogens is 1. The van der Waals surface area contributed by atoms with Crippen LogP contribution >= 0.6 is 0 Å². The molecule has 176 valence electrons. The zero-order valence-corrected chi connectivity index (χ0v) is 18.6. The van der Waals surface area contributed by atoms with Gasteiger partial charge in [-0.25, -0.2) is 18.6 Å². The van der Waals surface area contributed by atoms with E-state index in [1.807, 2.05) is 11.8 Å². The number of rotatable bonds is 5. The molecule has 0 bridgehead atoms. The molecule has 9 nitrogen and oxygen atoms in total. The first kappa shape index (κ1) is 22.7. The van der Waals surface area contributed by atoms with E-state index in [0.717, 1.165) is 6.07 Å². The summed E-state index contributed by atoms with van der Waals surface area (Å²) in [5.41, 5.74) is -0.781. The van der Waals surface area contributed by atoms with Crippen LogP contribution in [0.4, 0.5) is 19.3 Å². The number of oxazole rings is 1. The predicted octanol–water partition coefficient (Wildman–Crippen LogP) is 2.12. The molecule has 1 aromatic carbocycles. The number of hydrogen-bond acceptors (Lipinski definition) is 6. The minimum Gasteiger partial charge on any atom is -0.446 e. The van der Waals surface area contributed by atoms with Crippen LogP contribution in [-0.2, 0) is 15.1 Å². The molecule has 2 aromatic rings. The van der Waals surface area contributed by atoms with Crippen LogP contribution < -0.4 is 15.5 Å². The average molecular weight is 461 g/mol. The summed E-state index contributed by atoms with van der Waals surface area (Å²) in [4.78, 5) is 45.4. The lowest BCUT2D eigenvalue weighted by molar-refractivity contribution is -0.133. The molecule has 0 spiro atoms. The van der Waals surface area contributed by atoms with Gasteiger partial charge in [0.2, 0.25) is 5.91 Å². The fourth-order valence-corrected chi connectivity index (χ4v) is 4.60. The van der Waals surface area contributed by atoms with E-state index in [1.54, 1.807) is 18.7 Å². The number of halogens is 2. The molecule has 11 heteroatoms. The summed E-state index contributed by atoms with van der Waals surface area (Å²) < 4.78 is 32.7. The Bertz CT molecular complexity index is 1100. The Kier molecular flexibility index (Phi) is 5.81. The minimum atomic E-state index is -1.49. The number of nitrogens with one attached hydrogen (secondary N) is 2. The monoisotopic (exact) mass is 461 g/mol. The van der Waals surface area contributed by atoms with Crippen LogP contribution in [0.25, 0.3) is 0 Å². The van der Waals surface area contributed by atoms with Gasteiger partial charge in [-0.1, -0.05) is 0 Å². The Morgan fingerprint density at radius 2 is 1.91 bits per heavy atom. The number of anilines is 1. The number of urea groups is 1. The summed E-state index contributed by atoms with van der Waals surface area (Å²) in [7, 11) is 0. The van der Waals surface area contributed by atoms with Crippen molar-refractivity contribution in [1.82, 2.24) is 20.5 Å². The van der Waals surface area contributed by atoms with E-state index >= 15 is 0 Å². The first-order valence-corrected chi connectivity index (χ1v) is 10.7. The van der Waals surface area contributed by atoms with Crippen molar-refractivity contribution >= 4 is 23.5 Å². The molecule has 4 rings (SSSR count). The number of carbonyl (C=O) groups excluding carboxylic acids is 3. The molecule has 1 unspecified atom stereocenters. The highest BCUT2D eigenvalue weighted by molar-refractivity contribution is 6.07. The minimum absolute atomic E-state index is 0.0135. The van der Waals surface area contributed by atoms with Gasteiger partial charge in [0, 0.05) is 50.8 Å². The largest absolute Gasteiger partial charge is 0.446 e. The molecule has 1 aromatic heterocycles. The average Bonchev–Trinajstić information content (AvgIpc) is 3.22. The number of aryl methyl sites for hydroxylation is 2. The molecule has 2 aliphatic rings. The molecule has 3 heterocycles. The SMILES string of the molecule is Cc1nc(C2(CCC(=O)N3CCN(c4cc(F)cc(F)c4)[C@@H](C)C3)NC(=O)NC2=O)c(C)o1. The molecule has 2 saturated heterocycles. The van der Waals surface area contributed by atoms with Gasteiger partial charge in [-0.3, -0.25) is 14.9 Å². The number of nitrogens with zero attached hydrogens (tertiary/aromatic N) is 3. The molecular weight excluding hydrogens is 436 g/mol. The van der Waals surface area contributed by atoms with Crippen molar-refractivity contribution in [3.05, 3.63) is 47.2 Å². The second-order valence-electron chi connectivity index (χ2n) is 8.46. The molecule has 0 saturated carbocycles. The molecule has 0 aliphatic carbocycles. The van der Waals surface area contributed by atoms with Crippen molar-refractivity contribution < 1.29 is 27.6 Å². The molecule has 0 radical (unpaired) electrons. The fraction of sp³-hybridized carbons (Fsp3) is 0.455. The van der Waals surface area contributed by atoms with E-state index in [1.165, 1.54) is 12.1 Å². The number of piperazine rings is 1. The first-order valence-electron chi connectivity index (χ1n) is 10.7. The lowest BCUT2D eigenvalue weighted by Gasteiger charge is -2.41. The van der Waals surface area contributed by atoms with E-state index in [2.05, 4.69) is 15.6 Å². The molecule has 2 aliphatic heterocycles. The van der Waals surface area contributed by atoms with Gasteiger partial charge in [-0.2, -0.15) is 0 Å². The van der Waals surface area contributed by atoms with Gasteiger partial charge in [0.15, 0.2) is 11.4 Å². The second kappa shape index (κ2) is 8.45. The maximum atomic E-state index is 13.6. The zero-order chi connectivity index (χ0) is 23.9. The molecule has 2 atom stereocenters. The Hall–Kier alpha value is -3.50. The predicted molar refractivity (Wildman–Crippen MR) is 113 cm³/mol. The molecule has 4 amide bonds. The second-order valence-corrected chi connectivity index (χ2v) is 8.46. The lowest BCUT2D eigenvalue weighted by atomic mass is 9.88. The van der Waals surface area contributed by atoms with Gasteiger partial charge in [-0.05, 0) is 32.4 Å². The normalized spacial score (nSPS) is 23.0. The highest BCUT2D eigenvalue weighted by Gasteiger charge is 2.51. The van der Waals surface area contributed by atoms with E-state index in [4.69, 9.17) is 4.42 Å². The molecule has 2 fully saturated rings. The van der Waals surface area contributed by atoms with Crippen LogP contribution in [0.2, 0.25) is 0 Å². The third kappa shape index (κ3) is 4.27. The number of hydrogen-bond donors (Lipinski definition) is 2. The van der Waals surface area contributed by atoms with Crippen LogP contribution in [-0.4, -0.2) is 53.4 Å². The Morgan fingerprint density at radius 3 is 2.45 bits per heavy atom. The number of carbonyl (C=O) groups is 3. The highest BCUT2D eigenvalue weighted by atomic mass is 19.1. The number of imide groups is 1. The van der Waals surface area contributed by atoms with Gasteiger partial charge in [0.1, 0.15) is 23.1 Å². The summed E-state index contributed by atoms with van der Waals surface area (Å²) in [6.45, 7) is 6.26. The third-order valence-electron chi connectivity index (χ3n) is 6.12. The quantitative estimate of drug-likeness (QED) is 0.661. The molecule has 33 heavy (non-hydrogen) atoms. The Balaban J connectivity index is 1.45. The van der Waals surface area contributed by atoms with E-state index in [-0.39, 0.29) is 30.5 Å². The Labute approximate surface area is 189 Å². The standard InChI is InChI=1S/C22H25F2N5O4/c1-12-11-28(6-7-29(12)17-9-15(23)8-16(24)10-17)18(30)4-5-22(20(31)26-21(32)27-22)19-13(2)33-14(3)25-19/h8-10,12H,4-7,11H2,1-3H3,(H2,26,27,31,32)/t12-,22?/m0/s1. The van der Waals surface area contributed by atoms with Crippen LogP contribution in [0.3, 0.4) is 0 Å². The third-order valence-corrected chi connectivity index (χ3v) is 6.12. The van der Waals surface area contributed by atoms with Crippen LogP contribution in [0.15, 0.2) is 22.6 Å². The summed E-state index contributed by atoms with van der Waals surface area (Å²) >= 11 is 0. The topological polar surface area (TPSA) is 108 Å². The lowest BCUT2D eigenvalue weighted by Crippen LogP contribution is -2.54. The van der Waals surface area contributed by atoms with Crippen LogP contribution in [0.1, 0.15) is 37.1 Å². The summed E-state index contributed by atoms with van der Waals surface area (Å²) in [6.07, 6.45) is 0.000282. The maximum Gasteiger partial charge on any atom is 0.322 e. The molecular formula is C22H25F2N5O4. The van der Waals surface area contributed by atoms with Crippen molar-refractivity contribution in [3.63, 3.8) is 0 Å². The summed E-state index contributed by atoms with van der Waals surface area (Å²) in [6, 6.07) is 2.53. The summed E-state index contributed by atoms with van der Waals surface area (Å²) in [5, 5.41) is 4.84. The van der Waals surface area contributed by atoms with Crippen molar-refractivity contribution in [2.45, 2.75) is 45.2 Å². The maximum absolute atomic E-state index is 13.6. The van der Waals surface area contributed by atoms with Crippen LogP contribution in [0, 0.1) is 25.5 Å². The fourth-order valence-electron chi connectivity index (χ4n) is 4.60. The van der Waals surface area contributed by atoms with Crippen molar-refractivity contribution in [3.8, 4) is 0 Å². The summed E-state index contributed by atoms with van der Waals surface area (Å²) in [5.74, 6) is -1.35. The van der Waals surface area contributed by atoms with E-state index in [9.17, 15) is 23.2 Å². The van der Waals surface area contributed by atoms with Crippen LogP contribution in [0.5, 0.6) is 0 Å². The van der Waals surface area contributed by atoms with Gasteiger partial charge < -0.3 is 19.5 Å². The van der Waals surface area contributed by atoms with E-state index < -0.39 is 29.1 Å². The van der Waals surface area contributed by atoms with Gasteiger partial charge in [0.05, 0.1) is 0 Å². The van der Waals surface area contributed by atoms with Crippen molar-refractivity contribution in [2.24, 2.45) is 0 Å². The van der Waals surface area contributed by atoms with Crippen molar-refractivity contribution in [2.75, 3.05) is 24.5 Å². The number of benzene rings is 1. The van der Waals surface area contributed by atoms with Gasteiger partial charge in [-0.15, -0.1) is 0 Å². The smallest absolute Gasteiger partial charge is 0.322 e. The van der Waals surface area contributed by atoms with Crippen molar-refractivity contribution in [1.29, 1.82) is 0 Å². The van der Waals surface area contributed by atoms with Gasteiger partial charge in [0.25, 0.3) is 5.91 Å². The molecule has 2 N–H and O–H groups in total. The number of amides is 4. The highest BCUT2D eigenvalue weighted by Crippen LogP contribution is 2.33. The first-order chi connectivity index (χ1) is 15.6.